The van der Waals surface area contributed by atoms with Crippen LogP contribution in [-0.2, 0) is 20.9 Å². The van der Waals surface area contributed by atoms with E-state index in [2.05, 4.69) is 0 Å². The molecule has 120 valence electrons. The summed E-state index contributed by atoms with van der Waals surface area (Å²) < 4.78 is 10.1. The number of methoxy groups -OCH3 is 1. The minimum absolute atomic E-state index is 0.127. The normalized spacial score (nSPS) is 18.4. The molecule has 0 unspecified atom stereocenters. The largest absolute Gasteiger partial charge is 0.469 e. The van der Waals surface area contributed by atoms with Gasteiger partial charge in [-0.1, -0.05) is 43.2 Å². The van der Waals surface area contributed by atoms with Crippen molar-refractivity contribution in [2.75, 3.05) is 13.7 Å². The molecule has 1 saturated heterocycles. The molecule has 5 heteroatoms. The van der Waals surface area contributed by atoms with E-state index in [4.69, 9.17) is 9.47 Å². The van der Waals surface area contributed by atoms with Crippen LogP contribution in [0.1, 0.15) is 37.7 Å². The molecule has 5 nitrogen and oxygen atoms in total. The average Bonchev–Trinajstić information content (AvgIpc) is 2.79. The number of nitrogens with zero attached hydrogens (tertiary/aromatic N) is 1. The zero-order valence-corrected chi connectivity index (χ0v) is 13.0. The minimum Gasteiger partial charge on any atom is -0.469 e. The van der Waals surface area contributed by atoms with Crippen LogP contribution in [-0.4, -0.2) is 36.7 Å². The van der Waals surface area contributed by atoms with E-state index in [0.717, 1.165) is 31.2 Å². The lowest BCUT2D eigenvalue weighted by Crippen LogP contribution is -2.41. The number of carbonyl (C=O) groups is 2. The maximum absolute atomic E-state index is 12.4. The Morgan fingerprint density at radius 1 is 1.18 bits per heavy atom. The topological polar surface area (TPSA) is 55.8 Å². The van der Waals surface area contributed by atoms with Crippen LogP contribution >= 0.6 is 0 Å². The number of hydrogen-bond acceptors (Lipinski definition) is 4. The first-order valence-electron chi connectivity index (χ1n) is 7.75. The quantitative estimate of drug-likeness (QED) is 0.802. The SMILES string of the molecule is COC(=O)C[C@@H]1CCCCCN1C(=O)OCc1ccccc1. The van der Waals surface area contributed by atoms with Gasteiger partial charge < -0.3 is 14.4 Å². The van der Waals surface area contributed by atoms with Crippen LogP contribution in [0, 0.1) is 0 Å². The Hall–Kier alpha value is -2.04. The van der Waals surface area contributed by atoms with Gasteiger partial charge in [-0.25, -0.2) is 4.79 Å². The molecule has 1 heterocycles. The second-order valence-corrected chi connectivity index (χ2v) is 5.52. The molecule has 1 aromatic rings. The van der Waals surface area contributed by atoms with Crippen molar-refractivity contribution in [1.82, 2.24) is 4.90 Å². The van der Waals surface area contributed by atoms with Crippen LogP contribution < -0.4 is 0 Å². The Morgan fingerprint density at radius 2 is 1.95 bits per heavy atom. The fourth-order valence-corrected chi connectivity index (χ4v) is 2.71. The first kappa shape index (κ1) is 16.3. The molecule has 0 radical (unpaired) electrons. The number of ether oxygens (including phenoxy) is 2. The van der Waals surface area contributed by atoms with Crippen molar-refractivity contribution in [2.24, 2.45) is 0 Å². The summed E-state index contributed by atoms with van der Waals surface area (Å²) in [6, 6.07) is 9.46. The summed E-state index contributed by atoms with van der Waals surface area (Å²) in [6.07, 6.45) is 3.73. The van der Waals surface area contributed by atoms with Crippen LogP contribution in [0.15, 0.2) is 30.3 Å². The van der Waals surface area contributed by atoms with Gasteiger partial charge in [-0.2, -0.15) is 0 Å². The summed E-state index contributed by atoms with van der Waals surface area (Å²) in [6.45, 7) is 0.885. The third kappa shape index (κ3) is 4.76. The molecule has 0 aromatic heterocycles. The molecule has 1 amide bonds. The van der Waals surface area contributed by atoms with Crippen molar-refractivity contribution in [3.8, 4) is 0 Å². The van der Waals surface area contributed by atoms with Crippen molar-refractivity contribution in [3.05, 3.63) is 35.9 Å². The van der Waals surface area contributed by atoms with Crippen molar-refractivity contribution in [1.29, 1.82) is 0 Å². The number of amides is 1. The molecule has 1 fully saturated rings. The minimum atomic E-state index is -0.348. The maximum Gasteiger partial charge on any atom is 0.410 e. The van der Waals surface area contributed by atoms with Crippen LogP contribution in [0.4, 0.5) is 4.79 Å². The van der Waals surface area contributed by atoms with Crippen molar-refractivity contribution in [2.45, 2.75) is 44.8 Å². The Balaban J connectivity index is 1.95. The van der Waals surface area contributed by atoms with Crippen LogP contribution in [0.25, 0.3) is 0 Å². The Labute approximate surface area is 131 Å². The van der Waals surface area contributed by atoms with Gasteiger partial charge in [0.1, 0.15) is 6.61 Å². The van der Waals surface area contributed by atoms with Crippen molar-refractivity contribution in [3.63, 3.8) is 0 Å². The predicted molar refractivity (Wildman–Crippen MR) is 82.2 cm³/mol. The smallest absolute Gasteiger partial charge is 0.410 e. The first-order chi connectivity index (χ1) is 10.7. The van der Waals surface area contributed by atoms with E-state index in [9.17, 15) is 9.59 Å². The number of carbonyl (C=O) groups excluding carboxylic acids is 2. The summed E-state index contributed by atoms with van der Waals surface area (Å²) in [5.41, 5.74) is 0.954. The van der Waals surface area contributed by atoms with Gasteiger partial charge in [-0.05, 0) is 18.4 Å². The van der Waals surface area contributed by atoms with E-state index in [1.54, 1.807) is 4.90 Å². The molecule has 1 aromatic carbocycles. The molecule has 22 heavy (non-hydrogen) atoms. The number of esters is 1. The molecule has 0 aliphatic carbocycles. The Morgan fingerprint density at radius 3 is 2.68 bits per heavy atom. The maximum atomic E-state index is 12.4. The van der Waals surface area contributed by atoms with Crippen molar-refractivity contribution < 1.29 is 19.1 Å². The number of rotatable bonds is 4. The second kappa shape index (κ2) is 8.41. The number of hydrogen-bond donors (Lipinski definition) is 0. The molecule has 0 bridgehead atoms. The highest BCUT2D eigenvalue weighted by Gasteiger charge is 2.28. The summed E-state index contributed by atoms with van der Waals surface area (Å²) in [5.74, 6) is -0.284. The van der Waals surface area contributed by atoms with Gasteiger partial charge in [0.05, 0.1) is 13.5 Å². The summed E-state index contributed by atoms with van der Waals surface area (Å²) in [7, 11) is 1.37. The van der Waals surface area contributed by atoms with E-state index in [0.29, 0.717) is 6.54 Å². The second-order valence-electron chi connectivity index (χ2n) is 5.52. The van der Waals surface area contributed by atoms with Gasteiger partial charge in [0.2, 0.25) is 0 Å². The molecule has 2 rings (SSSR count). The summed E-state index contributed by atoms with van der Waals surface area (Å²) >= 11 is 0. The lowest BCUT2D eigenvalue weighted by Gasteiger charge is -2.28. The lowest BCUT2D eigenvalue weighted by molar-refractivity contribution is -0.141. The number of benzene rings is 1. The lowest BCUT2D eigenvalue weighted by atomic mass is 10.1. The summed E-state index contributed by atoms with van der Waals surface area (Å²) in [4.78, 5) is 25.6. The van der Waals surface area contributed by atoms with Gasteiger partial charge in [0.15, 0.2) is 0 Å². The molecule has 1 aliphatic rings. The average molecular weight is 305 g/mol. The van der Waals surface area contributed by atoms with Gasteiger partial charge in [0.25, 0.3) is 0 Å². The van der Waals surface area contributed by atoms with E-state index >= 15 is 0 Å². The van der Waals surface area contributed by atoms with E-state index < -0.39 is 0 Å². The fourth-order valence-electron chi connectivity index (χ4n) is 2.71. The Bertz CT molecular complexity index is 489. The van der Waals surface area contributed by atoms with Gasteiger partial charge in [0, 0.05) is 12.6 Å². The highest BCUT2D eigenvalue weighted by molar-refractivity contribution is 5.72. The number of likely N-dealkylation sites (tertiary alicyclic amines) is 1. The highest BCUT2D eigenvalue weighted by Crippen LogP contribution is 2.21. The molecular weight excluding hydrogens is 282 g/mol. The molecule has 0 N–H and O–H groups in total. The monoisotopic (exact) mass is 305 g/mol. The highest BCUT2D eigenvalue weighted by atomic mass is 16.6. The van der Waals surface area contributed by atoms with Crippen LogP contribution in [0.2, 0.25) is 0 Å². The van der Waals surface area contributed by atoms with Gasteiger partial charge >= 0.3 is 12.1 Å². The molecule has 1 aliphatic heterocycles. The zero-order valence-electron chi connectivity index (χ0n) is 13.0. The molecule has 1 atom stereocenters. The molecular formula is C17H23NO4. The van der Waals surface area contributed by atoms with Crippen LogP contribution in [0.3, 0.4) is 0 Å². The van der Waals surface area contributed by atoms with Crippen molar-refractivity contribution >= 4 is 12.1 Å². The third-order valence-electron chi connectivity index (χ3n) is 3.95. The third-order valence-corrected chi connectivity index (χ3v) is 3.95. The van der Waals surface area contributed by atoms with Gasteiger partial charge in [-0.15, -0.1) is 0 Å². The van der Waals surface area contributed by atoms with E-state index in [1.165, 1.54) is 7.11 Å². The fraction of sp³-hybridized carbons (Fsp3) is 0.529. The van der Waals surface area contributed by atoms with E-state index in [-0.39, 0.29) is 31.1 Å². The standard InChI is InChI=1S/C17H23NO4/c1-21-16(19)12-15-10-6-3-7-11-18(15)17(20)22-13-14-8-4-2-5-9-14/h2,4-5,8-9,15H,3,6-7,10-13H2,1H3/t15-/m0/s1. The summed E-state index contributed by atoms with van der Waals surface area (Å²) in [5, 5.41) is 0. The van der Waals surface area contributed by atoms with Gasteiger partial charge in [-0.3, -0.25) is 4.79 Å². The molecule has 0 spiro atoms. The zero-order chi connectivity index (χ0) is 15.8. The van der Waals surface area contributed by atoms with Crippen LogP contribution in [0.5, 0.6) is 0 Å². The van der Waals surface area contributed by atoms with E-state index in [1.807, 2.05) is 30.3 Å². The predicted octanol–water partition coefficient (Wildman–Crippen LogP) is 3.13. The molecule has 0 saturated carbocycles. The Kier molecular flexibility index (Phi) is 6.25. The first-order valence-corrected chi connectivity index (χ1v) is 7.75.